The quantitative estimate of drug-likeness (QED) is 0.697. The number of hydrogen-bond acceptors (Lipinski definition) is 1. The van der Waals surface area contributed by atoms with E-state index in [2.05, 4.69) is 26.1 Å². The van der Waals surface area contributed by atoms with Crippen molar-refractivity contribution in [2.24, 2.45) is 5.41 Å². The van der Waals surface area contributed by atoms with Crippen molar-refractivity contribution in [1.29, 1.82) is 0 Å². The standard InChI is InChI=1S/C13H24NO/c1-13(2,3)10-12(15)14-11-8-6-4-5-7-9-11/h10-11H,4-9H2,1-3H3,(H,14,15). The van der Waals surface area contributed by atoms with Gasteiger partial charge in [-0.1, -0.05) is 46.5 Å². The van der Waals surface area contributed by atoms with Gasteiger partial charge in [-0.3, -0.25) is 4.79 Å². The zero-order valence-electron chi connectivity index (χ0n) is 10.3. The number of hydrogen-bond donors (Lipinski definition) is 1. The van der Waals surface area contributed by atoms with Gasteiger partial charge < -0.3 is 5.32 Å². The maximum Gasteiger partial charge on any atom is 0.224 e. The van der Waals surface area contributed by atoms with Gasteiger partial charge in [0, 0.05) is 6.04 Å². The van der Waals surface area contributed by atoms with E-state index >= 15 is 0 Å². The minimum Gasteiger partial charge on any atom is -0.353 e. The summed E-state index contributed by atoms with van der Waals surface area (Å²) < 4.78 is 0. The Balaban J connectivity index is 2.30. The molecule has 2 heteroatoms. The van der Waals surface area contributed by atoms with Gasteiger partial charge in [-0.25, -0.2) is 0 Å². The van der Waals surface area contributed by atoms with E-state index in [0.29, 0.717) is 6.04 Å². The molecule has 0 heterocycles. The lowest BCUT2D eigenvalue weighted by Gasteiger charge is -2.21. The first-order valence-electron chi connectivity index (χ1n) is 6.14. The zero-order valence-corrected chi connectivity index (χ0v) is 10.3. The number of rotatable bonds is 2. The molecule has 1 saturated carbocycles. The molecule has 1 amide bonds. The molecule has 0 saturated heterocycles. The Morgan fingerprint density at radius 2 is 1.67 bits per heavy atom. The third-order valence-electron chi connectivity index (χ3n) is 2.77. The molecule has 2 nitrogen and oxygen atoms in total. The maximum atomic E-state index is 11.7. The van der Waals surface area contributed by atoms with Crippen molar-refractivity contribution in [2.75, 3.05) is 0 Å². The summed E-state index contributed by atoms with van der Waals surface area (Å²) in [6.07, 6.45) is 9.29. The van der Waals surface area contributed by atoms with E-state index in [0.717, 1.165) is 12.8 Å². The fourth-order valence-electron chi connectivity index (χ4n) is 2.06. The second-order valence-electron chi connectivity index (χ2n) is 5.71. The molecule has 0 unspecified atom stereocenters. The highest BCUT2D eigenvalue weighted by atomic mass is 16.1. The molecule has 0 aromatic rings. The van der Waals surface area contributed by atoms with Crippen LogP contribution in [0.15, 0.2) is 0 Å². The molecular formula is C13H24NO. The molecule has 0 atom stereocenters. The predicted molar refractivity (Wildman–Crippen MR) is 63.4 cm³/mol. The van der Waals surface area contributed by atoms with Crippen LogP contribution in [0.2, 0.25) is 0 Å². The van der Waals surface area contributed by atoms with E-state index < -0.39 is 0 Å². The van der Waals surface area contributed by atoms with E-state index in [4.69, 9.17) is 0 Å². The van der Waals surface area contributed by atoms with E-state index in [-0.39, 0.29) is 11.3 Å². The second kappa shape index (κ2) is 5.53. The topological polar surface area (TPSA) is 29.1 Å². The number of nitrogens with one attached hydrogen (secondary N) is 1. The summed E-state index contributed by atoms with van der Waals surface area (Å²) >= 11 is 0. The van der Waals surface area contributed by atoms with Crippen LogP contribution in [0, 0.1) is 11.8 Å². The van der Waals surface area contributed by atoms with Gasteiger partial charge in [0.25, 0.3) is 0 Å². The van der Waals surface area contributed by atoms with E-state index in [9.17, 15) is 4.79 Å². The Kier molecular flexibility index (Phi) is 4.62. The van der Waals surface area contributed by atoms with Gasteiger partial charge in [0.15, 0.2) is 0 Å². The molecule has 0 aromatic carbocycles. The van der Waals surface area contributed by atoms with Crippen LogP contribution in [-0.4, -0.2) is 11.9 Å². The summed E-state index contributed by atoms with van der Waals surface area (Å²) in [5.41, 5.74) is -0.0190. The van der Waals surface area contributed by atoms with Crippen molar-refractivity contribution in [3.8, 4) is 0 Å². The van der Waals surface area contributed by atoms with Crippen molar-refractivity contribution < 1.29 is 4.79 Å². The average molecular weight is 210 g/mol. The normalized spacial score (nSPS) is 19.7. The number of amides is 1. The SMILES string of the molecule is CC(C)(C)[CH]C(=O)NC1CCCCCC1. The molecule has 1 N–H and O–H groups in total. The zero-order chi connectivity index (χ0) is 11.3. The minimum atomic E-state index is -0.0190. The van der Waals surface area contributed by atoms with Crippen molar-refractivity contribution in [2.45, 2.75) is 65.3 Å². The van der Waals surface area contributed by atoms with Gasteiger partial charge in [-0.05, 0) is 18.3 Å². The molecule has 87 valence electrons. The lowest BCUT2D eigenvalue weighted by molar-refractivity contribution is -0.119. The first-order chi connectivity index (χ1) is 6.97. The molecule has 1 aliphatic rings. The lowest BCUT2D eigenvalue weighted by atomic mass is 9.91. The third-order valence-corrected chi connectivity index (χ3v) is 2.77. The monoisotopic (exact) mass is 210 g/mol. The first kappa shape index (κ1) is 12.5. The summed E-state index contributed by atoms with van der Waals surface area (Å²) in [7, 11) is 0. The first-order valence-corrected chi connectivity index (χ1v) is 6.14. The summed E-state index contributed by atoms with van der Waals surface area (Å²) in [5, 5.41) is 3.12. The van der Waals surface area contributed by atoms with Crippen molar-refractivity contribution >= 4 is 5.91 Å². The van der Waals surface area contributed by atoms with Crippen molar-refractivity contribution in [1.82, 2.24) is 5.32 Å². The lowest BCUT2D eigenvalue weighted by Crippen LogP contribution is -2.36. The molecule has 1 rings (SSSR count). The third kappa shape index (κ3) is 5.81. The summed E-state index contributed by atoms with van der Waals surface area (Å²) in [6, 6.07) is 0.415. The van der Waals surface area contributed by atoms with Crippen LogP contribution in [0.1, 0.15) is 59.3 Å². The number of carbonyl (C=O) groups is 1. The van der Waals surface area contributed by atoms with E-state index in [1.165, 1.54) is 25.7 Å². The Morgan fingerprint density at radius 1 is 1.13 bits per heavy atom. The molecule has 0 aliphatic heterocycles. The summed E-state index contributed by atoms with van der Waals surface area (Å²) in [4.78, 5) is 11.7. The average Bonchev–Trinajstić information content (AvgIpc) is 2.28. The largest absolute Gasteiger partial charge is 0.353 e. The number of carbonyl (C=O) groups excluding carboxylic acids is 1. The highest BCUT2D eigenvalue weighted by Crippen LogP contribution is 2.20. The molecule has 0 bridgehead atoms. The highest BCUT2D eigenvalue weighted by Gasteiger charge is 2.19. The Morgan fingerprint density at radius 3 is 2.13 bits per heavy atom. The fraction of sp³-hybridized carbons (Fsp3) is 0.846. The second-order valence-corrected chi connectivity index (χ2v) is 5.71. The molecule has 1 fully saturated rings. The molecule has 1 radical (unpaired) electrons. The molecular weight excluding hydrogens is 186 g/mol. The van der Waals surface area contributed by atoms with E-state index in [1.54, 1.807) is 6.42 Å². The van der Waals surface area contributed by atoms with Gasteiger partial charge in [-0.15, -0.1) is 0 Å². The van der Waals surface area contributed by atoms with Crippen molar-refractivity contribution in [3.05, 3.63) is 6.42 Å². The minimum absolute atomic E-state index is 0.0190. The fourth-order valence-corrected chi connectivity index (χ4v) is 2.06. The smallest absolute Gasteiger partial charge is 0.224 e. The molecule has 0 spiro atoms. The predicted octanol–water partition coefficient (Wildman–Crippen LogP) is 3.08. The van der Waals surface area contributed by atoms with Gasteiger partial charge in [0.1, 0.15) is 0 Å². The van der Waals surface area contributed by atoms with Crippen LogP contribution < -0.4 is 5.32 Å². The van der Waals surface area contributed by atoms with Crippen LogP contribution in [0.25, 0.3) is 0 Å². The highest BCUT2D eigenvalue weighted by molar-refractivity contribution is 5.85. The van der Waals surface area contributed by atoms with Crippen molar-refractivity contribution in [3.63, 3.8) is 0 Å². The van der Waals surface area contributed by atoms with Crippen LogP contribution in [0.3, 0.4) is 0 Å². The molecule has 1 aliphatic carbocycles. The Hall–Kier alpha value is -0.530. The van der Waals surface area contributed by atoms with Gasteiger partial charge in [-0.2, -0.15) is 0 Å². The molecule has 0 aromatic heterocycles. The van der Waals surface area contributed by atoms with Crippen LogP contribution in [-0.2, 0) is 4.79 Å². The Bertz CT molecular complexity index is 197. The summed E-state index contributed by atoms with van der Waals surface area (Å²) in [5.74, 6) is 0.106. The maximum absolute atomic E-state index is 11.7. The van der Waals surface area contributed by atoms with Crippen LogP contribution in [0.4, 0.5) is 0 Å². The van der Waals surface area contributed by atoms with Gasteiger partial charge in [0.2, 0.25) is 5.91 Å². The van der Waals surface area contributed by atoms with Crippen LogP contribution >= 0.6 is 0 Å². The Labute approximate surface area is 93.8 Å². The van der Waals surface area contributed by atoms with Gasteiger partial charge >= 0.3 is 0 Å². The summed E-state index contributed by atoms with van der Waals surface area (Å²) in [6.45, 7) is 6.17. The molecule has 15 heavy (non-hydrogen) atoms. The van der Waals surface area contributed by atoms with Crippen LogP contribution in [0.5, 0.6) is 0 Å². The van der Waals surface area contributed by atoms with E-state index in [1.807, 2.05) is 0 Å². The van der Waals surface area contributed by atoms with Gasteiger partial charge in [0.05, 0.1) is 6.42 Å².